The highest BCUT2D eigenvalue weighted by molar-refractivity contribution is 7.92. The van der Waals surface area contributed by atoms with Crippen molar-refractivity contribution < 1.29 is 26.0 Å². The minimum Gasteiger partial charge on any atom is -0.467 e. The Balaban J connectivity index is 1.80. The van der Waals surface area contributed by atoms with Crippen molar-refractivity contribution in [2.45, 2.75) is 30.2 Å². The maximum Gasteiger partial charge on any atom is 0.261 e. The molecule has 9 nitrogen and oxygen atoms in total. The first kappa shape index (κ1) is 24.5. The lowest BCUT2D eigenvalue weighted by molar-refractivity contribution is 0.0949. The fraction of sp³-hybridized carbons (Fsp3) is 0.227. The molecule has 2 aromatic carbocycles. The third-order valence-corrected chi connectivity index (χ3v) is 8.34. The SMILES string of the molecule is CCN(CC)S(=O)(=O)c1ccc(S(=O)(=O)Nc2ccccc2C(=O)NCc2ccco2)cc1. The highest BCUT2D eigenvalue weighted by Crippen LogP contribution is 2.23. The summed E-state index contributed by atoms with van der Waals surface area (Å²) < 4.78 is 59.9. The molecule has 1 aromatic heterocycles. The van der Waals surface area contributed by atoms with Gasteiger partial charge in [0.15, 0.2) is 0 Å². The second-order valence-electron chi connectivity index (χ2n) is 6.97. The van der Waals surface area contributed by atoms with Gasteiger partial charge >= 0.3 is 0 Å². The van der Waals surface area contributed by atoms with Crippen molar-refractivity contribution in [1.29, 1.82) is 0 Å². The molecule has 11 heteroatoms. The fourth-order valence-electron chi connectivity index (χ4n) is 3.15. The highest BCUT2D eigenvalue weighted by atomic mass is 32.2. The van der Waals surface area contributed by atoms with Crippen LogP contribution >= 0.6 is 0 Å². The van der Waals surface area contributed by atoms with E-state index in [9.17, 15) is 21.6 Å². The normalized spacial score (nSPS) is 12.0. The van der Waals surface area contributed by atoms with Crippen molar-refractivity contribution in [1.82, 2.24) is 9.62 Å². The molecule has 3 aromatic rings. The van der Waals surface area contributed by atoms with Gasteiger partial charge in [0.1, 0.15) is 5.76 Å². The largest absolute Gasteiger partial charge is 0.467 e. The number of furan rings is 1. The molecule has 3 rings (SSSR count). The van der Waals surface area contributed by atoms with Crippen LogP contribution in [-0.2, 0) is 26.6 Å². The molecule has 0 aliphatic heterocycles. The molecule has 0 aliphatic carbocycles. The molecule has 0 aliphatic rings. The summed E-state index contributed by atoms with van der Waals surface area (Å²) in [7, 11) is -7.79. The quantitative estimate of drug-likeness (QED) is 0.449. The number of amides is 1. The molecule has 176 valence electrons. The number of sulfonamides is 2. The number of para-hydroxylation sites is 1. The number of carbonyl (C=O) groups is 1. The number of hydrogen-bond acceptors (Lipinski definition) is 6. The standard InChI is InChI=1S/C22H25N3O6S2/c1-3-25(4-2)33(29,30)19-13-11-18(12-14-19)32(27,28)24-21-10-6-5-9-20(21)22(26)23-16-17-8-7-15-31-17/h5-15,24H,3-4,16H2,1-2H3,(H,23,26). The molecule has 0 atom stereocenters. The van der Waals surface area contributed by atoms with Crippen LogP contribution in [-0.4, -0.2) is 40.1 Å². The maximum absolute atomic E-state index is 12.9. The molecule has 1 amide bonds. The third-order valence-electron chi connectivity index (χ3n) is 4.90. The van der Waals surface area contributed by atoms with Gasteiger partial charge in [-0.15, -0.1) is 0 Å². The summed E-state index contributed by atoms with van der Waals surface area (Å²) in [6.07, 6.45) is 1.49. The number of nitrogens with one attached hydrogen (secondary N) is 2. The van der Waals surface area contributed by atoms with Crippen LogP contribution in [0, 0.1) is 0 Å². The summed E-state index contributed by atoms with van der Waals surface area (Å²) >= 11 is 0. The van der Waals surface area contributed by atoms with Gasteiger partial charge in [-0.2, -0.15) is 4.31 Å². The van der Waals surface area contributed by atoms with Crippen molar-refractivity contribution in [2.24, 2.45) is 0 Å². The topological polar surface area (TPSA) is 126 Å². The monoisotopic (exact) mass is 491 g/mol. The van der Waals surface area contributed by atoms with Crippen LogP contribution in [0.3, 0.4) is 0 Å². The van der Waals surface area contributed by atoms with Gasteiger partial charge in [-0.05, 0) is 48.5 Å². The van der Waals surface area contributed by atoms with Crippen LogP contribution in [0.25, 0.3) is 0 Å². The Hall–Kier alpha value is -3.15. The Morgan fingerprint density at radius 2 is 1.52 bits per heavy atom. The Labute approximate surface area is 193 Å². The zero-order valence-electron chi connectivity index (χ0n) is 18.2. The van der Waals surface area contributed by atoms with Gasteiger partial charge in [0.2, 0.25) is 10.0 Å². The van der Waals surface area contributed by atoms with E-state index in [-0.39, 0.29) is 27.6 Å². The van der Waals surface area contributed by atoms with E-state index in [1.165, 1.54) is 47.0 Å². The molecule has 0 saturated carbocycles. The molecule has 0 radical (unpaired) electrons. The number of carbonyl (C=O) groups excluding carboxylic acids is 1. The molecule has 0 unspecified atom stereocenters. The smallest absolute Gasteiger partial charge is 0.261 e. The van der Waals surface area contributed by atoms with Gasteiger partial charge in [-0.3, -0.25) is 9.52 Å². The van der Waals surface area contributed by atoms with Crippen molar-refractivity contribution >= 4 is 31.6 Å². The van der Waals surface area contributed by atoms with Crippen molar-refractivity contribution in [2.75, 3.05) is 17.8 Å². The number of nitrogens with zero attached hydrogens (tertiary/aromatic N) is 1. The first-order chi connectivity index (χ1) is 15.7. The number of rotatable bonds is 10. The average Bonchev–Trinajstić information content (AvgIpc) is 3.32. The molecular weight excluding hydrogens is 466 g/mol. The molecule has 2 N–H and O–H groups in total. The molecule has 33 heavy (non-hydrogen) atoms. The average molecular weight is 492 g/mol. The van der Waals surface area contributed by atoms with Gasteiger partial charge in [-0.25, -0.2) is 16.8 Å². The minimum atomic E-state index is -4.08. The van der Waals surface area contributed by atoms with E-state index >= 15 is 0 Å². The van der Waals surface area contributed by atoms with E-state index in [1.54, 1.807) is 38.1 Å². The lowest BCUT2D eigenvalue weighted by atomic mass is 10.1. The van der Waals surface area contributed by atoms with Crippen molar-refractivity contribution in [3.63, 3.8) is 0 Å². The van der Waals surface area contributed by atoms with E-state index in [1.807, 2.05) is 0 Å². The first-order valence-electron chi connectivity index (χ1n) is 10.2. The van der Waals surface area contributed by atoms with Crippen LogP contribution in [0.5, 0.6) is 0 Å². The predicted molar refractivity (Wildman–Crippen MR) is 124 cm³/mol. The Kier molecular flexibility index (Phi) is 7.57. The third kappa shape index (κ3) is 5.62. The van der Waals surface area contributed by atoms with E-state index in [4.69, 9.17) is 4.42 Å². The molecule has 1 heterocycles. The van der Waals surface area contributed by atoms with Crippen LogP contribution in [0.1, 0.15) is 30.0 Å². The zero-order valence-corrected chi connectivity index (χ0v) is 19.8. The van der Waals surface area contributed by atoms with E-state index in [0.717, 1.165) is 0 Å². The first-order valence-corrected chi connectivity index (χ1v) is 13.1. The molecule has 0 fully saturated rings. The second-order valence-corrected chi connectivity index (χ2v) is 10.6. The van der Waals surface area contributed by atoms with Gasteiger partial charge < -0.3 is 9.73 Å². The number of hydrogen-bond donors (Lipinski definition) is 2. The van der Waals surface area contributed by atoms with Crippen LogP contribution < -0.4 is 10.0 Å². The van der Waals surface area contributed by atoms with Crippen molar-refractivity contribution in [3.05, 3.63) is 78.3 Å². The zero-order chi connectivity index (χ0) is 24.1. The van der Waals surface area contributed by atoms with E-state index < -0.39 is 26.0 Å². The van der Waals surface area contributed by atoms with Crippen LogP contribution in [0.15, 0.2) is 81.1 Å². The van der Waals surface area contributed by atoms with Gasteiger partial charge in [0, 0.05) is 13.1 Å². The predicted octanol–water partition coefficient (Wildman–Crippen LogP) is 3.04. The highest BCUT2D eigenvalue weighted by Gasteiger charge is 2.23. The van der Waals surface area contributed by atoms with Gasteiger partial charge in [0.05, 0.1) is 33.8 Å². The Morgan fingerprint density at radius 3 is 2.12 bits per heavy atom. The van der Waals surface area contributed by atoms with Crippen molar-refractivity contribution in [3.8, 4) is 0 Å². The van der Waals surface area contributed by atoms with E-state index in [2.05, 4.69) is 10.0 Å². The Bertz CT molecular complexity index is 1300. The summed E-state index contributed by atoms with van der Waals surface area (Å²) in [6, 6.07) is 14.5. The molecule has 0 spiro atoms. The van der Waals surface area contributed by atoms with Gasteiger partial charge in [0.25, 0.3) is 15.9 Å². The number of benzene rings is 2. The van der Waals surface area contributed by atoms with E-state index in [0.29, 0.717) is 18.8 Å². The lowest BCUT2D eigenvalue weighted by Crippen LogP contribution is -2.30. The van der Waals surface area contributed by atoms with Crippen LogP contribution in [0.4, 0.5) is 5.69 Å². The number of anilines is 1. The summed E-state index contributed by atoms with van der Waals surface area (Å²) in [5.74, 6) is 0.0755. The fourth-order valence-corrected chi connectivity index (χ4v) is 5.69. The van der Waals surface area contributed by atoms with Crippen LogP contribution in [0.2, 0.25) is 0 Å². The minimum absolute atomic E-state index is 0.00264. The molecule has 0 saturated heterocycles. The summed E-state index contributed by atoms with van der Waals surface area (Å²) in [5.41, 5.74) is 0.225. The maximum atomic E-state index is 12.9. The molecular formula is C22H25N3O6S2. The lowest BCUT2D eigenvalue weighted by Gasteiger charge is -2.18. The summed E-state index contributed by atoms with van der Waals surface area (Å²) in [6.45, 7) is 4.21. The summed E-state index contributed by atoms with van der Waals surface area (Å²) in [4.78, 5) is 12.5. The Morgan fingerprint density at radius 1 is 0.879 bits per heavy atom. The summed E-state index contributed by atoms with van der Waals surface area (Å²) in [5, 5.41) is 2.67. The second kappa shape index (κ2) is 10.2. The van der Waals surface area contributed by atoms with Gasteiger partial charge in [-0.1, -0.05) is 26.0 Å². The molecule has 0 bridgehead atoms.